The molecule has 2 aliphatic rings. The first-order chi connectivity index (χ1) is 11.4. The van der Waals surface area contributed by atoms with E-state index in [1.807, 2.05) is 36.9 Å². The summed E-state index contributed by atoms with van der Waals surface area (Å²) in [6.07, 6.45) is 1.97. The monoisotopic (exact) mass is 393 g/mol. The summed E-state index contributed by atoms with van der Waals surface area (Å²) in [4.78, 5) is 28.9. The van der Waals surface area contributed by atoms with Gasteiger partial charge in [0.25, 0.3) is 0 Å². The second-order valence-electron chi connectivity index (χ2n) is 7.00. The fraction of sp³-hybridized carbons (Fsp3) is 0.556. The molecule has 3 rings (SSSR count). The number of likely N-dealkylation sites (tertiary alicyclic amines) is 1. The number of hydrogen-bond acceptors (Lipinski definition) is 3. The Morgan fingerprint density at radius 1 is 1.38 bits per heavy atom. The molecule has 1 aromatic rings. The minimum Gasteiger partial charge on any atom is -0.340 e. The normalized spacial score (nSPS) is 27.7. The van der Waals surface area contributed by atoms with E-state index in [1.165, 1.54) is 0 Å². The lowest BCUT2D eigenvalue weighted by Crippen LogP contribution is -2.50. The molecule has 3 atom stereocenters. The highest BCUT2D eigenvalue weighted by Crippen LogP contribution is 2.30. The fourth-order valence-electron chi connectivity index (χ4n) is 3.69. The summed E-state index contributed by atoms with van der Waals surface area (Å²) in [5.74, 6) is -0.131. The van der Waals surface area contributed by atoms with E-state index < -0.39 is 0 Å². The lowest BCUT2D eigenvalue weighted by Gasteiger charge is -2.37. The van der Waals surface area contributed by atoms with Crippen LogP contribution in [0.4, 0.5) is 5.69 Å². The number of hydrogen-bond donors (Lipinski definition) is 1. The molecule has 130 valence electrons. The highest BCUT2D eigenvalue weighted by molar-refractivity contribution is 9.10. The van der Waals surface area contributed by atoms with Crippen LogP contribution in [0.3, 0.4) is 0 Å². The minimum absolute atomic E-state index is 0.0245. The van der Waals surface area contributed by atoms with E-state index in [1.54, 1.807) is 4.90 Å². The highest BCUT2D eigenvalue weighted by Gasteiger charge is 2.39. The van der Waals surface area contributed by atoms with Crippen molar-refractivity contribution in [3.05, 3.63) is 28.2 Å². The summed E-state index contributed by atoms with van der Waals surface area (Å²) in [5, 5.41) is 0. The van der Waals surface area contributed by atoms with Crippen LogP contribution < -0.4 is 10.6 Å². The largest absolute Gasteiger partial charge is 0.340 e. The van der Waals surface area contributed by atoms with E-state index in [2.05, 4.69) is 15.9 Å². The topological polar surface area (TPSA) is 66.6 Å². The van der Waals surface area contributed by atoms with Gasteiger partial charge in [0.2, 0.25) is 11.8 Å². The Morgan fingerprint density at radius 3 is 2.79 bits per heavy atom. The number of anilines is 1. The van der Waals surface area contributed by atoms with Gasteiger partial charge in [0.15, 0.2) is 0 Å². The predicted octanol–water partition coefficient (Wildman–Crippen LogP) is 2.45. The molecule has 5 nitrogen and oxygen atoms in total. The number of piperidine rings is 1. The Bertz CT molecular complexity index is 664. The third-order valence-electron chi connectivity index (χ3n) is 5.13. The van der Waals surface area contributed by atoms with Crippen LogP contribution in [0.15, 0.2) is 22.7 Å². The van der Waals surface area contributed by atoms with Crippen molar-refractivity contribution in [2.24, 2.45) is 11.7 Å². The average Bonchev–Trinajstić information content (AvgIpc) is 2.91. The van der Waals surface area contributed by atoms with Gasteiger partial charge in [-0.2, -0.15) is 0 Å². The average molecular weight is 394 g/mol. The van der Waals surface area contributed by atoms with Gasteiger partial charge in [0.05, 0.1) is 5.92 Å². The first kappa shape index (κ1) is 17.4. The molecule has 2 saturated heterocycles. The second-order valence-corrected chi connectivity index (χ2v) is 7.86. The number of amides is 2. The third kappa shape index (κ3) is 3.35. The van der Waals surface area contributed by atoms with E-state index >= 15 is 0 Å². The van der Waals surface area contributed by atoms with Crippen molar-refractivity contribution in [3.63, 3.8) is 0 Å². The molecule has 0 unspecified atom stereocenters. The van der Waals surface area contributed by atoms with E-state index in [-0.39, 0.29) is 29.8 Å². The van der Waals surface area contributed by atoms with Gasteiger partial charge >= 0.3 is 0 Å². The van der Waals surface area contributed by atoms with E-state index in [4.69, 9.17) is 5.73 Å². The standard InChI is InChI=1S/C18H24BrN3O2/c1-11-7-15(3-4-16(11)19)22-10-13(9-17(22)23)18(24)21-6-5-14(20)8-12(21)2/h3-4,7,12-14H,5-6,8-10,20H2,1-2H3/t12-,13-,14-/m1/s1. The fourth-order valence-corrected chi connectivity index (χ4v) is 3.94. The number of nitrogens with zero attached hydrogens (tertiary/aromatic N) is 2. The van der Waals surface area contributed by atoms with Crippen LogP contribution in [0.25, 0.3) is 0 Å². The van der Waals surface area contributed by atoms with Gasteiger partial charge < -0.3 is 15.5 Å². The van der Waals surface area contributed by atoms with E-state index in [0.717, 1.165) is 28.6 Å². The molecule has 2 aliphatic heterocycles. The van der Waals surface area contributed by atoms with Gasteiger partial charge in [0.1, 0.15) is 0 Å². The van der Waals surface area contributed by atoms with Crippen molar-refractivity contribution in [2.75, 3.05) is 18.0 Å². The molecule has 1 aromatic carbocycles. The minimum atomic E-state index is -0.252. The zero-order valence-electron chi connectivity index (χ0n) is 14.2. The number of benzene rings is 1. The number of halogens is 1. The molecule has 0 aliphatic carbocycles. The first-order valence-electron chi connectivity index (χ1n) is 8.49. The Hall–Kier alpha value is -1.40. The summed E-state index contributed by atoms with van der Waals surface area (Å²) in [6.45, 7) is 5.20. The predicted molar refractivity (Wildman–Crippen MR) is 97.7 cm³/mol. The highest BCUT2D eigenvalue weighted by atomic mass is 79.9. The smallest absolute Gasteiger partial charge is 0.228 e. The molecular weight excluding hydrogens is 370 g/mol. The Balaban J connectivity index is 1.72. The quantitative estimate of drug-likeness (QED) is 0.838. The van der Waals surface area contributed by atoms with Crippen molar-refractivity contribution >= 4 is 33.4 Å². The molecule has 2 fully saturated rings. The Morgan fingerprint density at radius 2 is 2.12 bits per heavy atom. The number of rotatable bonds is 2. The maximum atomic E-state index is 12.9. The van der Waals surface area contributed by atoms with Crippen molar-refractivity contribution in [2.45, 2.75) is 45.2 Å². The van der Waals surface area contributed by atoms with Gasteiger partial charge in [-0.15, -0.1) is 0 Å². The molecule has 2 heterocycles. The third-order valence-corrected chi connectivity index (χ3v) is 6.02. The van der Waals surface area contributed by atoms with Crippen LogP contribution in [0, 0.1) is 12.8 Å². The van der Waals surface area contributed by atoms with Crippen LogP contribution in [-0.4, -0.2) is 41.9 Å². The molecule has 0 spiro atoms. The Labute approximate surface area is 151 Å². The van der Waals surface area contributed by atoms with Gasteiger partial charge in [0, 0.05) is 41.8 Å². The number of nitrogens with two attached hydrogens (primary N) is 1. The van der Waals surface area contributed by atoms with E-state index in [0.29, 0.717) is 19.5 Å². The molecule has 0 aromatic heterocycles. The van der Waals surface area contributed by atoms with Gasteiger partial charge in [-0.3, -0.25) is 9.59 Å². The molecule has 2 amide bonds. The van der Waals surface area contributed by atoms with Crippen molar-refractivity contribution in [3.8, 4) is 0 Å². The van der Waals surface area contributed by atoms with Gasteiger partial charge in [-0.05, 0) is 50.5 Å². The van der Waals surface area contributed by atoms with Gasteiger partial charge in [-0.1, -0.05) is 15.9 Å². The van der Waals surface area contributed by atoms with Crippen molar-refractivity contribution < 1.29 is 9.59 Å². The van der Waals surface area contributed by atoms with Crippen LogP contribution in [-0.2, 0) is 9.59 Å². The van der Waals surface area contributed by atoms with Crippen molar-refractivity contribution in [1.82, 2.24) is 4.90 Å². The zero-order chi connectivity index (χ0) is 17.4. The lowest BCUT2D eigenvalue weighted by molar-refractivity contribution is -0.139. The van der Waals surface area contributed by atoms with E-state index in [9.17, 15) is 9.59 Å². The summed E-state index contributed by atoms with van der Waals surface area (Å²) < 4.78 is 1.02. The summed E-state index contributed by atoms with van der Waals surface area (Å²) >= 11 is 3.48. The lowest BCUT2D eigenvalue weighted by atomic mass is 9.96. The van der Waals surface area contributed by atoms with Crippen LogP contribution >= 0.6 is 15.9 Å². The van der Waals surface area contributed by atoms with Crippen LogP contribution in [0.1, 0.15) is 31.7 Å². The molecule has 6 heteroatoms. The number of carbonyl (C=O) groups excluding carboxylic acids is 2. The molecule has 0 radical (unpaired) electrons. The molecule has 2 N–H and O–H groups in total. The zero-order valence-corrected chi connectivity index (χ0v) is 15.8. The van der Waals surface area contributed by atoms with Crippen LogP contribution in [0.5, 0.6) is 0 Å². The molecular formula is C18H24BrN3O2. The number of aryl methyl sites for hydroxylation is 1. The maximum absolute atomic E-state index is 12.9. The van der Waals surface area contributed by atoms with Gasteiger partial charge in [-0.25, -0.2) is 0 Å². The summed E-state index contributed by atoms with van der Waals surface area (Å²) in [7, 11) is 0. The van der Waals surface area contributed by atoms with Crippen LogP contribution in [0.2, 0.25) is 0 Å². The van der Waals surface area contributed by atoms with Crippen molar-refractivity contribution in [1.29, 1.82) is 0 Å². The summed E-state index contributed by atoms with van der Waals surface area (Å²) in [5.41, 5.74) is 7.93. The summed E-state index contributed by atoms with van der Waals surface area (Å²) in [6, 6.07) is 6.18. The molecule has 24 heavy (non-hydrogen) atoms. The molecule has 0 saturated carbocycles. The molecule has 0 bridgehead atoms. The first-order valence-corrected chi connectivity index (χ1v) is 9.28. The SMILES string of the molecule is Cc1cc(N2C[C@H](C(=O)N3CC[C@@H](N)C[C@H]3C)CC2=O)ccc1Br. The Kier molecular flexibility index (Phi) is 4.97. The second kappa shape index (κ2) is 6.84. The number of carbonyl (C=O) groups is 2. The maximum Gasteiger partial charge on any atom is 0.228 e.